The van der Waals surface area contributed by atoms with Gasteiger partial charge < -0.3 is 10.1 Å². The fourth-order valence-corrected chi connectivity index (χ4v) is 2.76. The molecule has 0 radical (unpaired) electrons. The van der Waals surface area contributed by atoms with Crippen LogP contribution < -0.4 is 10.1 Å². The van der Waals surface area contributed by atoms with Gasteiger partial charge in [-0.05, 0) is 44.0 Å². The summed E-state index contributed by atoms with van der Waals surface area (Å²) < 4.78 is 5.81. The van der Waals surface area contributed by atoms with E-state index in [1.807, 2.05) is 0 Å². The van der Waals surface area contributed by atoms with Gasteiger partial charge in [0.2, 0.25) is 0 Å². The Morgan fingerprint density at radius 2 is 1.71 bits per heavy atom. The van der Waals surface area contributed by atoms with Crippen molar-refractivity contribution in [3.8, 4) is 5.75 Å². The molecule has 1 N–H and O–H groups in total. The molecule has 1 aromatic carbocycles. The van der Waals surface area contributed by atoms with E-state index in [1.54, 1.807) is 0 Å². The molecule has 1 atom stereocenters. The van der Waals surface area contributed by atoms with Crippen LogP contribution in [0.3, 0.4) is 0 Å². The minimum atomic E-state index is 0.478. The molecule has 0 amide bonds. The maximum absolute atomic E-state index is 5.81. The van der Waals surface area contributed by atoms with Crippen LogP contribution in [0.2, 0.25) is 0 Å². The third-order valence-electron chi connectivity index (χ3n) is 4.30. The van der Waals surface area contributed by atoms with Crippen LogP contribution in [0.4, 0.5) is 0 Å². The van der Waals surface area contributed by atoms with Crippen molar-refractivity contribution in [2.45, 2.75) is 76.9 Å². The summed E-state index contributed by atoms with van der Waals surface area (Å²) in [5.41, 5.74) is 1.38. The molecule has 1 aromatic rings. The van der Waals surface area contributed by atoms with E-state index in [9.17, 15) is 0 Å². The molecule has 0 spiro atoms. The molecule has 0 saturated heterocycles. The summed E-state index contributed by atoms with van der Waals surface area (Å²) in [4.78, 5) is 0. The summed E-state index contributed by atoms with van der Waals surface area (Å²) in [5.74, 6) is 1.02. The highest BCUT2D eigenvalue weighted by Gasteiger charge is 2.23. The van der Waals surface area contributed by atoms with E-state index in [2.05, 4.69) is 43.6 Å². The Morgan fingerprint density at radius 3 is 2.33 bits per heavy atom. The number of unbranched alkanes of at least 4 members (excludes halogenated alkanes) is 5. The molecule has 0 aromatic heterocycles. The smallest absolute Gasteiger partial charge is 0.119 e. The van der Waals surface area contributed by atoms with Crippen LogP contribution in [-0.2, 0) is 0 Å². The molecule has 1 unspecified atom stereocenters. The lowest BCUT2D eigenvalue weighted by molar-refractivity contribution is 0.303. The van der Waals surface area contributed by atoms with Gasteiger partial charge in [-0.15, -0.1) is 0 Å². The van der Waals surface area contributed by atoms with Crippen molar-refractivity contribution in [1.29, 1.82) is 0 Å². The standard InChI is InChI=1S/C19H31NO/c1-3-4-5-6-7-8-9-19(20-2)16-10-12-17(13-11-16)21-18-14-15-18/h10-13,18-20H,3-9,14-15H2,1-2H3. The molecule has 21 heavy (non-hydrogen) atoms. The summed E-state index contributed by atoms with van der Waals surface area (Å²) >= 11 is 0. The number of hydrogen-bond acceptors (Lipinski definition) is 2. The van der Waals surface area contributed by atoms with Crippen molar-refractivity contribution in [2.24, 2.45) is 0 Å². The molecule has 0 heterocycles. The SMILES string of the molecule is CCCCCCCCC(NC)c1ccc(OC2CC2)cc1. The Bertz CT molecular complexity index is 383. The molecule has 2 rings (SSSR count). The number of hydrogen-bond donors (Lipinski definition) is 1. The lowest BCUT2D eigenvalue weighted by atomic mass is 9.99. The first-order valence-electron chi connectivity index (χ1n) is 8.77. The maximum atomic E-state index is 5.81. The predicted molar refractivity (Wildman–Crippen MR) is 89.9 cm³/mol. The zero-order chi connectivity index (χ0) is 14.9. The summed E-state index contributed by atoms with van der Waals surface area (Å²) in [6.45, 7) is 2.27. The van der Waals surface area contributed by atoms with Crippen LogP contribution in [0.1, 0.15) is 76.3 Å². The quantitative estimate of drug-likeness (QED) is 0.563. The van der Waals surface area contributed by atoms with E-state index >= 15 is 0 Å². The predicted octanol–water partition coefficient (Wildman–Crippen LogP) is 5.24. The fourth-order valence-electron chi connectivity index (χ4n) is 2.76. The molecular weight excluding hydrogens is 258 g/mol. The Morgan fingerprint density at radius 1 is 1.05 bits per heavy atom. The average Bonchev–Trinajstić information content (AvgIpc) is 3.32. The van der Waals surface area contributed by atoms with Crippen molar-refractivity contribution in [3.05, 3.63) is 29.8 Å². The third-order valence-corrected chi connectivity index (χ3v) is 4.30. The van der Waals surface area contributed by atoms with Crippen LogP contribution >= 0.6 is 0 Å². The molecule has 1 aliphatic rings. The van der Waals surface area contributed by atoms with Crippen molar-refractivity contribution >= 4 is 0 Å². The van der Waals surface area contributed by atoms with E-state index in [0.29, 0.717) is 12.1 Å². The highest BCUT2D eigenvalue weighted by atomic mass is 16.5. The van der Waals surface area contributed by atoms with Gasteiger partial charge in [-0.1, -0.05) is 57.6 Å². The summed E-state index contributed by atoms with van der Waals surface area (Å²) in [6.07, 6.45) is 12.3. The Kier molecular flexibility index (Phi) is 7.08. The highest BCUT2D eigenvalue weighted by Crippen LogP contribution is 2.28. The minimum Gasteiger partial charge on any atom is -0.490 e. The zero-order valence-corrected chi connectivity index (χ0v) is 13.7. The molecule has 1 fully saturated rings. The van der Waals surface area contributed by atoms with Crippen molar-refractivity contribution in [2.75, 3.05) is 7.05 Å². The van der Waals surface area contributed by atoms with Gasteiger partial charge in [0.05, 0.1) is 6.10 Å². The number of ether oxygens (including phenoxy) is 1. The van der Waals surface area contributed by atoms with Gasteiger partial charge in [-0.2, -0.15) is 0 Å². The first-order valence-corrected chi connectivity index (χ1v) is 8.77. The largest absolute Gasteiger partial charge is 0.490 e. The van der Waals surface area contributed by atoms with Crippen molar-refractivity contribution < 1.29 is 4.74 Å². The maximum Gasteiger partial charge on any atom is 0.119 e. The molecule has 1 aliphatic carbocycles. The van der Waals surface area contributed by atoms with E-state index in [-0.39, 0.29) is 0 Å². The number of nitrogens with one attached hydrogen (secondary N) is 1. The molecule has 118 valence electrons. The fraction of sp³-hybridized carbons (Fsp3) is 0.684. The molecular formula is C19H31NO. The van der Waals surface area contributed by atoms with Gasteiger partial charge in [0.25, 0.3) is 0 Å². The van der Waals surface area contributed by atoms with Gasteiger partial charge >= 0.3 is 0 Å². The van der Waals surface area contributed by atoms with Gasteiger partial charge in [0.15, 0.2) is 0 Å². The van der Waals surface area contributed by atoms with Crippen LogP contribution in [0, 0.1) is 0 Å². The normalized spacial score (nSPS) is 15.9. The van der Waals surface area contributed by atoms with Crippen LogP contribution in [0.25, 0.3) is 0 Å². The first-order chi connectivity index (χ1) is 10.3. The molecule has 0 aliphatic heterocycles. The van der Waals surface area contributed by atoms with E-state index in [1.165, 1.54) is 63.4 Å². The Labute approximate surface area is 130 Å². The number of rotatable bonds is 11. The van der Waals surface area contributed by atoms with Gasteiger partial charge in [0, 0.05) is 6.04 Å². The topological polar surface area (TPSA) is 21.3 Å². The number of benzene rings is 1. The van der Waals surface area contributed by atoms with Crippen LogP contribution in [0.5, 0.6) is 5.75 Å². The second-order valence-corrected chi connectivity index (χ2v) is 6.28. The molecule has 2 nitrogen and oxygen atoms in total. The summed E-state index contributed by atoms with van der Waals surface area (Å²) in [5, 5.41) is 3.45. The van der Waals surface area contributed by atoms with E-state index < -0.39 is 0 Å². The Hall–Kier alpha value is -1.02. The van der Waals surface area contributed by atoms with Gasteiger partial charge in [-0.3, -0.25) is 0 Å². The second kappa shape index (κ2) is 9.09. The minimum absolute atomic E-state index is 0.478. The van der Waals surface area contributed by atoms with Crippen LogP contribution in [-0.4, -0.2) is 13.2 Å². The summed E-state index contributed by atoms with van der Waals surface area (Å²) in [7, 11) is 2.07. The molecule has 2 heteroatoms. The third kappa shape index (κ3) is 6.09. The first kappa shape index (κ1) is 16.4. The van der Waals surface area contributed by atoms with Gasteiger partial charge in [0.1, 0.15) is 5.75 Å². The van der Waals surface area contributed by atoms with E-state index in [0.717, 1.165) is 5.75 Å². The van der Waals surface area contributed by atoms with Crippen LogP contribution in [0.15, 0.2) is 24.3 Å². The average molecular weight is 289 g/mol. The second-order valence-electron chi connectivity index (χ2n) is 6.28. The van der Waals surface area contributed by atoms with E-state index in [4.69, 9.17) is 4.74 Å². The zero-order valence-electron chi connectivity index (χ0n) is 13.7. The Balaban J connectivity index is 1.71. The highest BCUT2D eigenvalue weighted by molar-refractivity contribution is 5.29. The molecule has 1 saturated carbocycles. The monoisotopic (exact) mass is 289 g/mol. The van der Waals surface area contributed by atoms with Gasteiger partial charge in [-0.25, -0.2) is 0 Å². The lowest BCUT2D eigenvalue weighted by Gasteiger charge is -2.17. The van der Waals surface area contributed by atoms with Crippen molar-refractivity contribution in [1.82, 2.24) is 5.32 Å². The summed E-state index contributed by atoms with van der Waals surface area (Å²) in [6, 6.07) is 9.16. The molecule has 0 bridgehead atoms. The lowest BCUT2D eigenvalue weighted by Crippen LogP contribution is -2.16. The van der Waals surface area contributed by atoms with Crippen molar-refractivity contribution in [3.63, 3.8) is 0 Å².